The lowest BCUT2D eigenvalue weighted by Crippen LogP contribution is -2.42. The molecule has 0 spiro atoms. The molecule has 0 saturated heterocycles. The molecule has 2 aromatic rings. The van der Waals surface area contributed by atoms with Gasteiger partial charge in [0, 0.05) is 31.4 Å². The summed E-state index contributed by atoms with van der Waals surface area (Å²) in [5, 5.41) is 0. The third-order valence-corrected chi connectivity index (χ3v) is 5.35. The molecule has 29 heavy (non-hydrogen) atoms. The number of halogens is 4. The lowest BCUT2D eigenvalue weighted by molar-refractivity contribution is -0.185. The predicted molar refractivity (Wildman–Crippen MR) is 94.3 cm³/mol. The van der Waals surface area contributed by atoms with Crippen LogP contribution in [-0.2, 0) is 30.7 Å². The summed E-state index contributed by atoms with van der Waals surface area (Å²) in [6.07, 6.45) is -2.98. The van der Waals surface area contributed by atoms with E-state index in [2.05, 4.69) is 4.98 Å². The van der Waals surface area contributed by atoms with Crippen LogP contribution in [0, 0.1) is 5.95 Å². The van der Waals surface area contributed by atoms with E-state index in [1.165, 1.54) is 17.2 Å². The fourth-order valence-corrected chi connectivity index (χ4v) is 3.86. The zero-order chi connectivity index (χ0) is 20.8. The smallest absolute Gasteiger partial charge is 0.334 e. The van der Waals surface area contributed by atoms with E-state index in [-0.39, 0.29) is 37.6 Å². The molecule has 2 aliphatic heterocycles. The molecule has 1 aromatic carbocycles. The van der Waals surface area contributed by atoms with E-state index in [0.29, 0.717) is 18.4 Å². The second-order valence-electron chi connectivity index (χ2n) is 7.18. The van der Waals surface area contributed by atoms with Crippen LogP contribution in [0.3, 0.4) is 0 Å². The highest BCUT2D eigenvalue weighted by Gasteiger charge is 2.42. The van der Waals surface area contributed by atoms with Crippen molar-refractivity contribution in [2.24, 2.45) is 0 Å². The molecule has 0 aliphatic carbocycles. The highest BCUT2D eigenvalue weighted by molar-refractivity contribution is 5.98. The van der Waals surface area contributed by atoms with Crippen molar-refractivity contribution in [2.75, 3.05) is 13.1 Å². The third kappa shape index (κ3) is 3.68. The van der Waals surface area contributed by atoms with Crippen molar-refractivity contribution < 1.29 is 27.2 Å². The van der Waals surface area contributed by atoms with Crippen LogP contribution in [-0.4, -0.2) is 45.9 Å². The highest BCUT2D eigenvalue weighted by atomic mass is 19.4. The Morgan fingerprint density at radius 1 is 1.10 bits per heavy atom. The maximum Gasteiger partial charge on any atom is 0.471 e. The van der Waals surface area contributed by atoms with Crippen LogP contribution in [0.4, 0.5) is 17.6 Å². The highest BCUT2D eigenvalue weighted by Crippen LogP contribution is 2.27. The SMILES string of the molecule is O=C1c2ccnc(F)c2CN1Cc1ccc2c(c1)CCN(C(=O)C(F)(F)F)CC2. The molecule has 0 bridgehead atoms. The predicted octanol–water partition coefficient (Wildman–Crippen LogP) is 2.87. The Hall–Kier alpha value is -2.97. The molecule has 2 aliphatic rings. The number of amides is 2. The lowest BCUT2D eigenvalue weighted by Gasteiger charge is -2.21. The maximum atomic E-state index is 13.8. The van der Waals surface area contributed by atoms with E-state index < -0.39 is 18.0 Å². The summed E-state index contributed by atoms with van der Waals surface area (Å²) in [5.74, 6) is -2.76. The number of alkyl halides is 3. The van der Waals surface area contributed by atoms with Crippen LogP contribution in [0.5, 0.6) is 0 Å². The van der Waals surface area contributed by atoms with Crippen molar-refractivity contribution in [1.29, 1.82) is 0 Å². The number of hydrogen-bond acceptors (Lipinski definition) is 3. The van der Waals surface area contributed by atoms with Crippen molar-refractivity contribution in [3.8, 4) is 0 Å². The van der Waals surface area contributed by atoms with E-state index in [9.17, 15) is 27.2 Å². The van der Waals surface area contributed by atoms with Gasteiger partial charge in [-0.1, -0.05) is 18.2 Å². The Bertz CT molecular complexity index is 990. The zero-order valence-corrected chi connectivity index (χ0v) is 15.3. The molecule has 0 unspecified atom stereocenters. The van der Waals surface area contributed by atoms with Gasteiger partial charge in [0.05, 0.1) is 12.1 Å². The van der Waals surface area contributed by atoms with Crippen molar-refractivity contribution in [2.45, 2.75) is 32.1 Å². The Kier molecular flexibility index (Phi) is 4.76. The van der Waals surface area contributed by atoms with Crippen molar-refractivity contribution in [1.82, 2.24) is 14.8 Å². The van der Waals surface area contributed by atoms with Crippen LogP contribution in [0.2, 0.25) is 0 Å². The molecule has 9 heteroatoms. The number of hydrogen-bond donors (Lipinski definition) is 0. The molecule has 1 aromatic heterocycles. The van der Waals surface area contributed by atoms with Crippen molar-refractivity contribution >= 4 is 11.8 Å². The van der Waals surface area contributed by atoms with Gasteiger partial charge >= 0.3 is 12.1 Å². The number of fused-ring (bicyclic) bond motifs is 2. The molecule has 5 nitrogen and oxygen atoms in total. The topological polar surface area (TPSA) is 53.5 Å². The summed E-state index contributed by atoms with van der Waals surface area (Å²) in [7, 11) is 0. The van der Waals surface area contributed by atoms with E-state index in [1.54, 1.807) is 0 Å². The van der Waals surface area contributed by atoms with Gasteiger partial charge in [-0.15, -0.1) is 0 Å². The first-order valence-electron chi connectivity index (χ1n) is 9.13. The standard InChI is InChI=1S/C20H17F4N3O2/c21-17-16-11-27(18(28)15(16)3-6-25-17)10-12-1-2-13-4-7-26(8-5-14(13)9-12)19(29)20(22,23)24/h1-3,6,9H,4-5,7-8,10-11H2. The van der Waals surface area contributed by atoms with E-state index in [1.807, 2.05) is 18.2 Å². The average molecular weight is 407 g/mol. The Morgan fingerprint density at radius 2 is 1.83 bits per heavy atom. The van der Waals surface area contributed by atoms with Gasteiger partial charge in [-0.2, -0.15) is 17.6 Å². The number of aromatic nitrogens is 1. The third-order valence-electron chi connectivity index (χ3n) is 5.35. The van der Waals surface area contributed by atoms with Crippen molar-refractivity contribution in [3.63, 3.8) is 0 Å². The van der Waals surface area contributed by atoms with Gasteiger partial charge in [0.25, 0.3) is 5.91 Å². The molecule has 0 N–H and O–H groups in total. The molecule has 4 rings (SSSR count). The molecule has 0 atom stereocenters. The minimum absolute atomic E-state index is 0.0108. The monoisotopic (exact) mass is 407 g/mol. The summed E-state index contributed by atoms with van der Waals surface area (Å²) in [5.41, 5.74) is 3.12. The number of nitrogens with zero attached hydrogens (tertiary/aromatic N) is 3. The zero-order valence-electron chi connectivity index (χ0n) is 15.3. The molecule has 3 heterocycles. The van der Waals surface area contributed by atoms with Gasteiger partial charge < -0.3 is 9.80 Å². The Labute approximate surface area is 163 Å². The van der Waals surface area contributed by atoms with Gasteiger partial charge in [0.2, 0.25) is 5.95 Å². The van der Waals surface area contributed by atoms with Crippen LogP contribution in [0.25, 0.3) is 0 Å². The maximum absolute atomic E-state index is 13.8. The van der Waals surface area contributed by atoms with Crippen LogP contribution < -0.4 is 0 Å². The first-order valence-corrected chi connectivity index (χ1v) is 9.13. The van der Waals surface area contributed by atoms with Gasteiger partial charge in [-0.25, -0.2) is 4.98 Å². The summed E-state index contributed by atoms with van der Waals surface area (Å²) >= 11 is 0. The molecular formula is C20H17F4N3O2. The normalized spacial score (nSPS) is 16.5. The van der Waals surface area contributed by atoms with Gasteiger partial charge in [0.15, 0.2) is 0 Å². The molecule has 152 valence electrons. The largest absolute Gasteiger partial charge is 0.471 e. The molecule has 0 fully saturated rings. The molecule has 0 radical (unpaired) electrons. The first kappa shape index (κ1) is 19.4. The summed E-state index contributed by atoms with van der Waals surface area (Å²) in [6.45, 7) is 0.376. The lowest BCUT2D eigenvalue weighted by atomic mass is 10.00. The van der Waals surface area contributed by atoms with E-state index >= 15 is 0 Å². The molecule has 2 amide bonds. The molecule has 0 saturated carbocycles. The van der Waals surface area contributed by atoms with Gasteiger partial charge in [0.1, 0.15) is 0 Å². The number of rotatable bonds is 2. The van der Waals surface area contributed by atoms with Crippen LogP contribution in [0.1, 0.15) is 32.6 Å². The Morgan fingerprint density at radius 3 is 2.52 bits per heavy atom. The average Bonchev–Trinajstić information content (AvgIpc) is 2.86. The number of pyridine rings is 1. The van der Waals surface area contributed by atoms with Crippen LogP contribution in [0.15, 0.2) is 30.5 Å². The number of carbonyl (C=O) groups is 2. The van der Waals surface area contributed by atoms with E-state index in [0.717, 1.165) is 21.6 Å². The minimum Gasteiger partial charge on any atom is -0.334 e. The molecular weight excluding hydrogens is 390 g/mol. The van der Waals surface area contributed by atoms with E-state index in [4.69, 9.17) is 0 Å². The van der Waals surface area contributed by atoms with Crippen molar-refractivity contribution in [3.05, 3.63) is 64.2 Å². The number of carbonyl (C=O) groups excluding carboxylic acids is 2. The fourth-order valence-electron chi connectivity index (χ4n) is 3.86. The number of benzene rings is 1. The first-order chi connectivity index (χ1) is 13.7. The second-order valence-corrected chi connectivity index (χ2v) is 7.18. The quantitative estimate of drug-likeness (QED) is 0.568. The summed E-state index contributed by atoms with van der Waals surface area (Å²) in [6, 6.07) is 6.97. The van der Waals surface area contributed by atoms with Crippen LogP contribution >= 0.6 is 0 Å². The summed E-state index contributed by atoms with van der Waals surface area (Å²) in [4.78, 5) is 29.9. The fraction of sp³-hybridized carbons (Fsp3) is 0.350. The van der Waals surface area contributed by atoms with Gasteiger partial charge in [-0.3, -0.25) is 9.59 Å². The minimum atomic E-state index is -4.88. The summed E-state index contributed by atoms with van der Waals surface area (Å²) < 4.78 is 51.9. The second kappa shape index (κ2) is 7.13. The Balaban J connectivity index is 1.48. The van der Waals surface area contributed by atoms with Gasteiger partial charge in [-0.05, 0) is 35.6 Å².